The van der Waals surface area contributed by atoms with Gasteiger partial charge in [0.1, 0.15) is 6.61 Å². The van der Waals surface area contributed by atoms with Gasteiger partial charge in [-0.05, 0) is 12.1 Å². The van der Waals surface area contributed by atoms with E-state index in [0.717, 1.165) is 0 Å². The summed E-state index contributed by atoms with van der Waals surface area (Å²) in [7, 11) is 0. The van der Waals surface area contributed by atoms with E-state index in [-0.39, 0.29) is 12.2 Å². The molecule has 4 heteroatoms. The molecule has 1 aliphatic rings. The lowest BCUT2D eigenvalue weighted by molar-refractivity contribution is 0.0994. The van der Waals surface area contributed by atoms with Crippen LogP contribution in [0.25, 0.3) is 0 Å². The summed E-state index contributed by atoms with van der Waals surface area (Å²) in [5.74, 6) is 0.539. The Hall–Kier alpha value is -1.71. The van der Waals surface area contributed by atoms with E-state index in [0.29, 0.717) is 24.6 Å². The van der Waals surface area contributed by atoms with Gasteiger partial charge in [-0.25, -0.2) is 0 Å². The van der Waals surface area contributed by atoms with E-state index in [1.165, 1.54) is 0 Å². The van der Waals surface area contributed by atoms with Crippen LogP contribution in [0.5, 0.6) is 0 Å². The molecule has 0 unspecified atom stereocenters. The Balaban J connectivity index is 2.03. The molecule has 0 fully saturated rings. The van der Waals surface area contributed by atoms with Crippen molar-refractivity contribution in [2.45, 2.75) is 6.42 Å². The zero-order valence-corrected chi connectivity index (χ0v) is 7.64. The van der Waals surface area contributed by atoms with Gasteiger partial charge < -0.3 is 4.74 Å². The quantitative estimate of drug-likeness (QED) is 0.670. The number of aliphatic imine (C=N–C) groups is 1. The molecular formula is C10H10N2O2. The standard InChI is InChI=1S/C10H10N2O2/c13-9(6-10-12-4-5-14-10)8-2-1-3-11-7-8/h1-3,7H,4-6H2. The number of nitrogens with zero attached hydrogens (tertiary/aromatic N) is 2. The first-order valence-electron chi connectivity index (χ1n) is 4.45. The summed E-state index contributed by atoms with van der Waals surface area (Å²) in [5, 5.41) is 0. The second-order valence-electron chi connectivity index (χ2n) is 2.97. The number of Topliss-reactive ketones (excluding diaryl/α,β-unsaturated/α-hetero) is 1. The Kier molecular flexibility index (Phi) is 2.53. The average Bonchev–Trinajstić information content (AvgIpc) is 2.72. The van der Waals surface area contributed by atoms with Gasteiger partial charge in [0, 0.05) is 18.0 Å². The molecule has 72 valence electrons. The largest absolute Gasteiger partial charge is 0.479 e. The third-order valence-corrected chi connectivity index (χ3v) is 1.94. The van der Waals surface area contributed by atoms with Gasteiger partial charge in [0.15, 0.2) is 11.7 Å². The predicted molar refractivity (Wildman–Crippen MR) is 51.4 cm³/mol. The van der Waals surface area contributed by atoms with Crippen molar-refractivity contribution >= 4 is 11.7 Å². The van der Waals surface area contributed by atoms with Crippen LogP contribution < -0.4 is 0 Å². The fraction of sp³-hybridized carbons (Fsp3) is 0.300. The second kappa shape index (κ2) is 4.00. The highest BCUT2D eigenvalue weighted by molar-refractivity contribution is 6.07. The van der Waals surface area contributed by atoms with Crippen LogP contribution >= 0.6 is 0 Å². The molecule has 1 aliphatic heterocycles. The van der Waals surface area contributed by atoms with Crippen molar-refractivity contribution in [2.75, 3.05) is 13.2 Å². The Bertz CT molecular complexity index is 360. The van der Waals surface area contributed by atoms with Crippen LogP contribution in [0.2, 0.25) is 0 Å². The SMILES string of the molecule is O=C(CC1=NCCO1)c1cccnc1. The lowest BCUT2D eigenvalue weighted by Gasteiger charge is -2.00. The molecule has 4 nitrogen and oxygen atoms in total. The molecule has 0 N–H and O–H groups in total. The highest BCUT2D eigenvalue weighted by Crippen LogP contribution is 2.05. The Morgan fingerprint density at radius 1 is 1.57 bits per heavy atom. The van der Waals surface area contributed by atoms with Crippen molar-refractivity contribution in [3.63, 3.8) is 0 Å². The summed E-state index contributed by atoms with van der Waals surface area (Å²) in [6.45, 7) is 1.26. The summed E-state index contributed by atoms with van der Waals surface area (Å²) < 4.78 is 5.15. The van der Waals surface area contributed by atoms with Gasteiger partial charge in [0.25, 0.3) is 0 Å². The molecule has 0 atom stereocenters. The topological polar surface area (TPSA) is 51.5 Å². The number of ketones is 1. The van der Waals surface area contributed by atoms with E-state index in [9.17, 15) is 4.79 Å². The number of hydrogen-bond acceptors (Lipinski definition) is 4. The van der Waals surface area contributed by atoms with Gasteiger partial charge in [-0.2, -0.15) is 0 Å². The molecule has 0 spiro atoms. The maximum absolute atomic E-state index is 11.6. The molecule has 1 aromatic heterocycles. The first-order valence-corrected chi connectivity index (χ1v) is 4.45. The minimum atomic E-state index is -0.00116. The number of carbonyl (C=O) groups is 1. The molecule has 0 aromatic carbocycles. The smallest absolute Gasteiger partial charge is 0.191 e. The van der Waals surface area contributed by atoms with E-state index in [1.54, 1.807) is 24.5 Å². The van der Waals surface area contributed by atoms with Crippen LogP contribution in [-0.2, 0) is 4.74 Å². The molecule has 0 amide bonds. The van der Waals surface area contributed by atoms with E-state index in [4.69, 9.17) is 4.74 Å². The molecule has 0 radical (unpaired) electrons. The zero-order valence-electron chi connectivity index (χ0n) is 7.64. The molecular weight excluding hydrogens is 180 g/mol. The zero-order chi connectivity index (χ0) is 9.80. The molecule has 0 saturated heterocycles. The van der Waals surface area contributed by atoms with Crippen molar-refractivity contribution in [1.29, 1.82) is 0 Å². The van der Waals surface area contributed by atoms with Crippen molar-refractivity contribution in [2.24, 2.45) is 4.99 Å². The fourth-order valence-corrected chi connectivity index (χ4v) is 1.25. The minimum Gasteiger partial charge on any atom is -0.479 e. The number of carbonyl (C=O) groups excluding carboxylic acids is 1. The molecule has 1 aromatic rings. The molecule has 2 rings (SSSR count). The molecule has 0 bridgehead atoms. The maximum Gasteiger partial charge on any atom is 0.191 e. The van der Waals surface area contributed by atoms with Crippen LogP contribution in [0.4, 0.5) is 0 Å². The molecule has 14 heavy (non-hydrogen) atoms. The lowest BCUT2D eigenvalue weighted by Crippen LogP contribution is -2.08. The summed E-state index contributed by atoms with van der Waals surface area (Å²) in [6.07, 6.45) is 3.43. The van der Waals surface area contributed by atoms with Crippen molar-refractivity contribution in [1.82, 2.24) is 4.98 Å². The Morgan fingerprint density at radius 3 is 3.14 bits per heavy atom. The predicted octanol–water partition coefficient (Wildman–Crippen LogP) is 1.08. The van der Waals surface area contributed by atoms with Gasteiger partial charge >= 0.3 is 0 Å². The Morgan fingerprint density at radius 2 is 2.50 bits per heavy atom. The average molecular weight is 190 g/mol. The van der Waals surface area contributed by atoms with Gasteiger partial charge in [-0.1, -0.05) is 0 Å². The third kappa shape index (κ3) is 1.96. The second-order valence-corrected chi connectivity index (χ2v) is 2.97. The van der Waals surface area contributed by atoms with Crippen LogP contribution in [0.15, 0.2) is 29.5 Å². The number of aromatic nitrogens is 1. The fourth-order valence-electron chi connectivity index (χ4n) is 1.25. The van der Waals surface area contributed by atoms with E-state index < -0.39 is 0 Å². The van der Waals surface area contributed by atoms with E-state index in [1.807, 2.05) is 0 Å². The normalized spacial score (nSPS) is 14.7. The lowest BCUT2D eigenvalue weighted by atomic mass is 10.1. The highest BCUT2D eigenvalue weighted by atomic mass is 16.5. The van der Waals surface area contributed by atoms with Gasteiger partial charge in [-0.15, -0.1) is 0 Å². The van der Waals surface area contributed by atoms with Crippen LogP contribution in [0.3, 0.4) is 0 Å². The summed E-state index contributed by atoms with van der Waals surface area (Å²) in [4.78, 5) is 19.5. The number of pyridine rings is 1. The molecule has 0 saturated carbocycles. The van der Waals surface area contributed by atoms with Crippen LogP contribution in [0, 0.1) is 0 Å². The minimum absolute atomic E-state index is 0.00116. The van der Waals surface area contributed by atoms with Crippen molar-refractivity contribution < 1.29 is 9.53 Å². The van der Waals surface area contributed by atoms with E-state index >= 15 is 0 Å². The molecule has 0 aliphatic carbocycles. The summed E-state index contributed by atoms with van der Waals surface area (Å²) in [5.41, 5.74) is 0.602. The highest BCUT2D eigenvalue weighted by Gasteiger charge is 2.13. The number of rotatable bonds is 3. The first kappa shape index (κ1) is 8.87. The number of hydrogen-bond donors (Lipinski definition) is 0. The van der Waals surface area contributed by atoms with Gasteiger partial charge in [-0.3, -0.25) is 14.8 Å². The Labute approximate surface area is 81.6 Å². The summed E-state index contributed by atoms with van der Waals surface area (Å²) >= 11 is 0. The monoisotopic (exact) mass is 190 g/mol. The van der Waals surface area contributed by atoms with Crippen LogP contribution in [0.1, 0.15) is 16.8 Å². The van der Waals surface area contributed by atoms with Crippen molar-refractivity contribution in [3.8, 4) is 0 Å². The van der Waals surface area contributed by atoms with Gasteiger partial charge in [0.05, 0.1) is 13.0 Å². The molecule has 2 heterocycles. The maximum atomic E-state index is 11.6. The van der Waals surface area contributed by atoms with Crippen molar-refractivity contribution in [3.05, 3.63) is 30.1 Å². The number of ether oxygens (including phenoxy) is 1. The summed E-state index contributed by atoms with van der Waals surface area (Å²) in [6, 6.07) is 3.48. The third-order valence-electron chi connectivity index (χ3n) is 1.94. The van der Waals surface area contributed by atoms with E-state index in [2.05, 4.69) is 9.98 Å². The first-order chi connectivity index (χ1) is 6.86. The van der Waals surface area contributed by atoms with Gasteiger partial charge in [0.2, 0.25) is 0 Å². The van der Waals surface area contributed by atoms with Crippen LogP contribution in [-0.4, -0.2) is 29.8 Å².